The number of piperidine rings is 1. The quantitative estimate of drug-likeness (QED) is 0.0174. The monoisotopic (exact) mass is 2020 g/mol. The highest BCUT2D eigenvalue weighted by atomic mass is 16.5. The fourth-order valence-electron chi connectivity index (χ4n) is 17.7. The van der Waals surface area contributed by atoms with Crippen molar-refractivity contribution in [3.05, 3.63) is 104 Å². The molecule has 0 bridgehead atoms. The highest BCUT2D eigenvalue weighted by Gasteiger charge is 2.26. The SMILES string of the molecule is CCCCCCN(CCO)c1cc(N(CC)CC)nc2ncnn12.CCCCCCN(CCO)c1cc(N2CCCCC2)nc2ncnn12.CCCCCCN(CCO)c1cc(NCCCC)nc2ncnn12.CCCCCN(CCO)c1cc(N(CC)CC)nc2ncnn12.CCCCCN(CCO)c1cc(N2CCOCC2)nc2ncnn12.CCN(CC)c1nc(N(CCO)CCc2ccccc2)n2ncnc2n1. The summed E-state index contributed by atoms with van der Waals surface area (Å²) in [5.74, 6) is 14.1. The molecule has 146 heavy (non-hydrogen) atoms. The zero-order valence-corrected chi connectivity index (χ0v) is 89.3. The van der Waals surface area contributed by atoms with Crippen LogP contribution >= 0.6 is 0 Å². The Bertz CT molecular complexity index is 5680. The maximum atomic E-state index is 9.55. The molecule has 15 rings (SSSR count). The van der Waals surface area contributed by atoms with Crippen molar-refractivity contribution in [2.45, 2.75) is 237 Å². The van der Waals surface area contributed by atoms with Gasteiger partial charge in [-0.3, -0.25) is 0 Å². The van der Waals surface area contributed by atoms with Crippen LogP contribution in [-0.4, -0.2) is 356 Å². The lowest BCUT2D eigenvalue weighted by molar-refractivity contribution is 0.122. The third kappa shape index (κ3) is 34.4. The number of hydrogen-bond donors (Lipinski definition) is 7. The van der Waals surface area contributed by atoms with Gasteiger partial charge in [0, 0.05) is 181 Å². The molecule has 2 fully saturated rings. The minimum atomic E-state index is 0.0373. The van der Waals surface area contributed by atoms with Gasteiger partial charge in [-0.15, -0.1) is 0 Å². The van der Waals surface area contributed by atoms with E-state index in [9.17, 15) is 30.6 Å². The molecule has 0 atom stereocenters. The molecule has 0 radical (unpaired) electrons. The summed E-state index contributed by atoms with van der Waals surface area (Å²) in [6, 6.07) is 20.6. The number of nitrogens with zero attached hydrogens (tertiary/aromatic N) is 36. The van der Waals surface area contributed by atoms with E-state index in [-0.39, 0.29) is 39.6 Å². The summed E-state index contributed by atoms with van der Waals surface area (Å²) >= 11 is 0. The van der Waals surface area contributed by atoms with Crippen LogP contribution in [0.1, 0.15) is 236 Å². The topological polar surface area (TPSA) is 450 Å². The summed E-state index contributed by atoms with van der Waals surface area (Å²) in [4.78, 5) is 81.9. The molecule has 0 aliphatic carbocycles. The number of nitrogens with one attached hydrogen (secondary N) is 1. The summed E-state index contributed by atoms with van der Waals surface area (Å²) in [5.41, 5.74) is 1.24. The molecule has 804 valence electrons. The fraction of sp³-hybridized carbons (Fsp3) is 0.657. The van der Waals surface area contributed by atoms with Gasteiger partial charge in [0.05, 0.1) is 52.9 Å². The summed E-state index contributed by atoms with van der Waals surface area (Å²) in [6.07, 6.45) is 37.2. The number of hydrogen-bond acceptors (Lipinski definition) is 38. The van der Waals surface area contributed by atoms with Gasteiger partial charge in [0.15, 0.2) is 0 Å². The van der Waals surface area contributed by atoms with Crippen molar-refractivity contribution in [1.82, 2.24) is 122 Å². The van der Waals surface area contributed by atoms with Gasteiger partial charge >= 0.3 is 0 Å². The van der Waals surface area contributed by atoms with E-state index in [1.54, 1.807) is 33.4 Å². The predicted molar refractivity (Wildman–Crippen MR) is 583 cm³/mol. The number of aliphatic hydroxyl groups is 6. The first-order valence-corrected chi connectivity index (χ1v) is 54.1. The lowest BCUT2D eigenvalue weighted by Crippen LogP contribution is -2.37. The smallest absolute Gasteiger partial charge is 0.258 e. The number of aliphatic hydroxyl groups excluding tert-OH is 6. The second-order valence-corrected chi connectivity index (χ2v) is 36.1. The van der Waals surface area contributed by atoms with E-state index in [2.05, 4.69) is 259 Å². The van der Waals surface area contributed by atoms with Gasteiger partial charge in [0.1, 0.15) is 96.1 Å². The maximum Gasteiger partial charge on any atom is 0.258 e. The van der Waals surface area contributed by atoms with Crippen LogP contribution in [0.3, 0.4) is 0 Å². The zero-order chi connectivity index (χ0) is 104. The van der Waals surface area contributed by atoms with E-state index in [0.29, 0.717) is 106 Å². The number of rotatable bonds is 59. The van der Waals surface area contributed by atoms with Crippen LogP contribution in [0.5, 0.6) is 0 Å². The van der Waals surface area contributed by atoms with Crippen molar-refractivity contribution in [3.8, 4) is 0 Å². The van der Waals surface area contributed by atoms with Crippen LogP contribution in [-0.2, 0) is 11.2 Å². The minimum absolute atomic E-state index is 0.0373. The Labute approximate surface area is 862 Å². The molecule has 1 aromatic carbocycles. The molecule has 7 N–H and O–H groups in total. The summed E-state index contributed by atoms with van der Waals surface area (Å²) < 4.78 is 15.9. The number of unbranched alkanes of at least 4 members (excludes halogenated alkanes) is 14. The number of fused-ring (bicyclic) bond motifs is 6. The maximum absolute atomic E-state index is 9.55. The number of ether oxygens (including phenoxy) is 1. The first kappa shape index (κ1) is 116. The van der Waals surface area contributed by atoms with E-state index in [4.69, 9.17) is 14.7 Å². The second kappa shape index (κ2) is 65.4. The molecule has 2 aliphatic rings. The molecule has 14 heterocycles. The standard InChI is InChI=1S/C18H25N7O.C18H30N6O.2C17H30N6O.C16H26N6O2.C16H28N6O/c1-3-23(4-2)17-21-16-19-14-20-25(16)18(22-17)24(12-13-26)11-10-15-8-6-5-7-9-15;1-2-3-4-6-11-23(12-13-25)17-14-16(22-9-7-5-8-10-22)21-18-19-15-20-24(17)18;1-4-7-8-9-10-22(11-12-24)16-13-15(21(5-2)6-3)20-17-18-14-19-23(16)17;1-3-5-7-8-10-22(11-12-24)16-13-15(18-9-6-4-2)21-17-19-14-20-23(16)17;1-2-3-4-5-21(6-9-23)15-12-14(20-7-10-24-11-8-20)19-16-17-13-18-22(15)16;1-4-7-8-9-21(10-11-23)15-12-14(20(5-2)6-3)19-16-17-13-18-22(15)16/h5-9,14,26H,3-4,10-13H2,1-2H3;14-15,25H,2-13H2,1H3;13-14,24H,4-12H2,1-3H3;13-14,24H,3-12H2,1-2H3,(H,18,19,20,21);12-13,23H,2-11H2,1H3;12-13,23H,4-11H2,1-3H3. The van der Waals surface area contributed by atoms with E-state index in [1.807, 2.05) is 29.2 Å². The molecule has 0 saturated carbocycles. The number of aromatic nitrogens is 25. The van der Waals surface area contributed by atoms with Crippen molar-refractivity contribution in [2.24, 2.45) is 0 Å². The first-order chi connectivity index (χ1) is 71.7. The first-order valence-electron chi connectivity index (χ1n) is 54.1. The van der Waals surface area contributed by atoms with Crippen LogP contribution in [0.4, 0.5) is 70.1 Å². The summed E-state index contributed by atoms with van der Waals surface area (Å²) in [5, 5.41) is 86.1. The van der Waals surface area contributed by atoms with Crippen LogP contribution in [0.25, 0.3) is 34.7 Å². The van der Waals surface area contributed by atoms with Crippen molar-refractivity contribution in [3.63, 3.8) is 0 Å². The van der Waals surface area contributed by atoms with E-state index in [0.717, 1.165) is 214 Å². The molecular weight excluding hydrogens is 1860 g/mol. The van der Waals surface area contributed by atoms with Crippen molar-refractivity contribution >= 4 is 105 Å². The Balaban J connectivity index is 0.000000180. The Morgan fingerprint density at radius 3 is 1.00 bits per heavy atom. The lowest BCUT2D eigenvalue weighted by atomic mass is 10.1. The zero-order valence-electron chi connectivity index (χ0n) is 89.3. The molecular formula is C102H169N37O7. The number of anilines is 12. The normalized spacial score (nSPS) is 12.5. The molecule has 2 saturated heterocycles. The van der Waals surface area contributed by atoms with Crippen LogP contribution in [0.15, 0.2) is 98.6 Å². The van der Waals surface area contributed by atoms with Gasteiger partial charge in [0.2, 0.25) is 11.9 Å². The molecule has 2 aliphatic heterocycles. The third-order valence-corrected chi connectivity index (χ3v) is 25.8. The van der Waals surface area contributed by atoms with Gasteiger partial charge in [-0.2, -0.15) is 122 Å². The third-order valence-electron chi connectivity index (χ3n) is 25.8. The highest BCUT2D eigenvalue weighted by Crippen LogP contribution is 2.31. The highest BCUT2D eigenvalue weighted by molar-refractivity contribution is 5.62. The Morgan fingerprint density at radius 2 is 0.623 bits per heavy atom. The molecule has 0 unspecified atom stereocenters. The second-order valence-electron chi connectivity index (χ2n) is 36.1. The van der Waals surface area contributed by atoms with E-state index < -0.39 is 0 Å². The largest absolute Gasteiger partial charge is 0.395 e. The Morgan fingerprint density at radius 1 is 0.295 bits per heavy atom. The molecule has 44 nitrogen and oxygen atoms in total. The number of morpholine rings is 1. The van der Waals surface area contributed by atoms with Gasteiger partial charge in [0.25, 0.3) is 34.7 Å². The molecule has 13 aromatic rings. The molecule has 0 spiro atoms. The van der Waals surface area contributed by atoms with Crippen molar-refractivity contribution in [1.29, 1.82) is 0 Å². The van der Waals surface area contributed by atoms with Crippen LogP contribution < -0.4 is 59.2 Å². The van der Waals surface area contributed by atoms with Gasteiger partial charge in [-0.25, -0.2) is 0 Å². The summed E-state index contributed by atoms with van der Waals surface area (Å²) in [7, 11) is 0. The van der Waals surface area contributed by atoms with Crippen LogP contribution in [0, 0.1) is 0 Å². The average Bonchev–Trinajstić information content (AvgIpc) is 1.59. The fourth-order valence-corrected chi connectivity index (χ4v) is 17.7. The molecule has 12 aromatic heterocycles. The van der Waals surface area contributed by atoms with Crippen molar-refractivity contribution < 1.29 is 35.4 Å². The summed E-state index contributed by atoms with van der Waals surface area (Å²) in [6.45, 7) is 46.3. The Hall–Kier alpha value is -12.2. The molecule has 44 heteroatoms. The average molecular weight is 2030 g/mol. The lowest BCUT2D eigenvalue weighted by Gasteiger charge is -2.30. The van der Waals surface area contributed by atoms with E-state index in [1.165, 1.54) is 140 Å². The minimum Gasteiger partial charge on any atom is -0.395 e. The van der Waals surface area contributed by atoms with Crippen molar-refractivity contribution in [2.75, 3.05) is 263 Å². The van der Waals surface area contributed by atoms with Crippen LogP contribution in [0.2, 0.25) is 0 Å². The van der Waals surface area contributed by atoms with E-state index >= 15 is 0 Å². The molecule has 0 amide bonds. The van der Waals surface area contributed by atoms with Gasteiger partial charge < -0.3 is 94.6 Å². The van der Waals surface area contributed by atoms with Gasteiger partial charge in [-0.05, 0) is 111 Å². The Kier molecular flexibility index (Phi) is 51.8. The van der Waals surface area contributed by atoms with Gasteiger partial charge in [-0.1, -0.05) is 162 Å². The predicted octanol–water partition coefficient (Wildman–Crippen LogP) is 11.9. The number of benzene rings is 1.